The lowest BCUT2D eigenvalue weighted by molar-refractivity contribution is -0.117. The molecule has 1 N–H and O–H groups in total. The van der Waals surface area contributed by atoms with E-state index < -0.39 is 0 Å². The Hall–Kier alpha value is -1.88. The third-order valence-electron chi connectivity index (χ3n) is 2.62. The fraction of sp³-hybridized carbons (Fsp3) is 0.286. The molecule has 0 radical (unpaired) electrons. The molecule has 0 aliphatic rings. The second-order valence-electron chi connectivity index (χ2n) is 4.10. The van der Waals surface area contributed by atoms with Gasteiger partial charge in [-0.25, -0.2) is 4.98 Å². The number of aryl methyl sites for hydroxylation is 1. The monoisotopic (exact) mass is 276 g/mol. The number of amides is 1. The molecule has 0 spiro atoms. The van der Waals surface area contributed by atoms with Gasteiger partial charge in [0.15, 0.2) is 0 Å². The quantitative estimate of drug-likeness (QED) is 0.853. The first-order chi connectivity index (χ1) is 9.19. The van der Waals surface area contributed by atoms with Crippen LogP contribution in [0.3, 0.4) is 0 Å². The Morgan fingerprint density at radius 3 is 3.11 bits per heavy atom. The van der Waals surface area contributed by atoms with Crippen molar-refractivity contribution < 1.29 is 9.21 Å². The Bertz CT molecular complexity index is 558. The van der Waals surface area contributed by atoms with E-state index in [1.165, 1.54) is 6.08 Å². The summed E-state index contributed by atoms with van der Waals surface area (Å²) in [5.74, 6) is 0.500. The summed E-state index contributed by atoms with van der Waals surface area (Å²) in [5, 5.41) is 5.94. The molecule has 19 heavy (non-hydrogen) atoms. The largest absolute Gasteiger partial charge is 0.465 e. The van der Waals surface area contributed by atoms with E-state index in [1.807, 2.05) is 12.3 Å². The fourth-order valence-electron chi connectivity index (χ4n) is 1.57. The predicted molar refractivity (Wildman–Crippen MR) is 75.8 cm³/mol. The molecule has 2 aromatic heterocycles. The summed E-state index contributed by atoms with van der Waals surface area (Å²) in [6, 6.07) is 3.48. The van der Waals surface area contributed by atoms with Crippen LogP contribution >= 0.6 is 11.3 Å². The van der Waals surface area contributed by atoms with Gasteiger partial charge in [-0.1, -0.05) is 6.92 Å². The Morgan fingerprint density at radius 2 is 2.47 bits per heavy atom. The molecular weight excluding hydrogens is 260 g/mol. The van der Waals surface area contributed by atoms with E-state index in [1.54, 1.807) is 35.8 Å². The topological polar surface area (TPSA) is 55.1 Å². The summed E-state index contributed by atoms with van der Waals surface area (Å²) in [5.41, 5.74) is 0.904. The molecule has 2 aromatic rings. The zero-order chi connectivity index (χ0) is 13.7. The molecule has 5 heteroatoms. The second kappa shape index (κ2) is 6.33. The Kier molecular flexibility index (Phi) is 4.52. The van der Waals surface area contributed by atoms with E-state index in [2.05, 4.69) is 17.2 Å². The van der Waals surface area contributed by atoms with Crippen molar-refractivity contribution in [3.8, 4) is 0 Å². The first-order valence-corrected chi connectivity index (χ1v) is 7.03. The minimum Gasteiger partial charge on any atom is -0.465 e. The van der Waals surface area contributed by atoms with Gasteiger partial charge >= 0.3 is 0 Å². The number of rotatable bonds is 5. The van der Waals surface area contributed by atoms with E-state index in [4.69, 9.17) is 4.42 Å². The van der Waals surface area contributed by atoms with Gasteiger partial charge in [0.1, 0.15) is 5.76 Å². The summed E-state index contributed by atoms with van der Waals surface area (Å²) in [4.78, 5) is 16.2. The van der Waals surface area contributed by atoms with Crippen molar-refractivity contribution in [2.45, 2.75) is 26.3 Å². The van der Waals surface area contributed by atoms with Crippen molar-refractivity contribution in [2.75, 3.05) is 0 Å². The SMILES string of the molecule is CCc1nc(C(C)NC(=O)/C=C/c2ccco2)cs1. The molecule has 0 aliphatic heterocycles. The molecule has 2 rings (SSSR count). The summed E-state index contributed by atoms with van der Waals surface area (Å²) in [6.07, 6.45) is 5.59. The maximum atomic E-state index is 11.7. The Morgan fingerprint density at radius 1 is 1.63 bits per heavy atom. The van der Waals surface area contributed by atoms with E-state index in [9.17, 15) is 4.79 Å². The number of furan rings is 1. The van der Waals surface area contributed by atoms with Crippen LogP contribution in [0.1, 0.15) is 36.4 Å². The van der Waals surface area contributed by atoms with Gasteiger partial charge in [0, 0.05) is 11.5 Å². The van der Waals surface area contributed by atoms with Gasteiger partial charge in [0.05, 0.1) is 23.0 Å². The van der Waals surface area contributed by atoms with Gasteiger partial charge in [0.2, 0.25) is 5.91 Å². The van der Waals surface area contributed by atoms with Crippen LogP contribution in [0.25, 0.3) is 6.08 Å². The van der Waals surface area contributed by atoms with Crippen LogP contribution in [0.15, 0.2) is 34.3 Å². The van der Waals surface area contributed by atoms with E-state index in [0.717, 1.165) is 17.1 Å². The number of carbonyl (C=O) groups is 1. The predicted octanol–water partition coefficient (Wildman–Crippen LogP) is 3.19. The molecule has 2 heterocycles. The average molecular weight is 276 g/mol. The molecule has 0 aliphatic carbocycles. The Balaban J connectivity index is 1.91. The van der Waals surface area contributed by atoms with E-state index in [-0.39, 0.29) is 11.9 Å². The fourth-order valence-corrected chi connectivity index (χ4v) is 2.40. The second-order valence-corrected chi connectivity index (χ2v) is 5.04. The molecule has 0 aromatic carbocycles. The molecule has 1 atom stereocenters. The zero-order valence-corrected chi connectivity index (χ0v) is 11.7. The minimum atomic E-state index is -0.157. The summed E-state index contributed by atoms with van der Waals surface area (Å²) < 4.78 is 5.11. The minimum absolute atomic E-state index is 0.0923. The van der Waals surface area contributed by atoms with Crippen LogP contribution in [-0.4, -0.2) is 10.9 Å². The van der Waals surface area contributed by atoms with Crippen molar-refractivity contribution >= 4 is 23.3 Å². The van der Waals surface area contributed by atoms with E-state index in [0.29, 0.717) is 5.76 Å². The van der Waals surface area contributed by atoms with Gasteiger partial charge in [-0.05, 0) is 31.6 Å². The van der Waals surface area contributed by atoms with Gasteiger partial charge < -0.3 is 9.73 Å². The molecule has 4 nitrogen and oxygen atoms in total. The number of hydrogen-bond donors (Lipinski definition) is 1. The zero-order valence-electron chi connectivity index (χ0n) is 10.9. The number of carbonyl (C=O) groups excluding carboxylic acids is 1. The van der Waals surface area contributed by atoms with Crippen LogP contribution in [0.5, 0.6) is 0 Å². The smallest absolute Gasteiger partial charge is 0.244 e. The highest BCUT2D eigenvalue weighted by atomic mass is 32.1. The lowest BCUT2D eigenvalue weighted by Crippen LogP contribution is -2.24. The number of hydrogen-bond acceptors (Lipinski definition) is 4. The third-order valence-corrected chi connectivity index (χ3v) is 3.63. The standard InChI is InChI=1S/C14H16N2O2S/c1-3-14-16-12(9-19-14)10(2)15-13(17)7-6-11-5-4-8-18-11/h4-10H,3H2,1-2H3,(H,15,17)/b7-6+. The summed E-state index contributed by atoms with van der Waals surface area (Å²) in [6.45, 7) is 3.99. The van der Waals surface area contributed by atoms with Crippen LogP contribution in [0.2, 0.25) is 0 Å². The van der Waals surface area contributed by atoms with Crippen molar-refractivity contribution in [3.05, 3.63) is 46.3 Å². The molecular formula is C14H16N2O2S. The molecule has 100 valence electrons. The number of nitrogens with zero attached hydrogens (tertiary/aromatic N) is 1. The lowest BCUT2D eigenvalue weighted by Gasteiger charge is -2.09. The van der Waals surface area contributed by atoms with E-state index >= 15 is 0 Å². The van der Waals surface area contributed by atoms with Crippen molar-refractivity contribution in [1.29, 1.82) is 0 Å². The number of thiazole rings is 1. The highest BCUT2D eigenvalue weighted by Crippen LogP contribution is 2.16. The molecule has 0 saturated heterocycles. The van der Waals surface area contributed by atoms with Crippen molar-refractivity contribution in [1.82, 2.24) is 10.3 Å². The van der Waals surface area contributed by atoms with Gasteiger partial charge in [0.25, 0.3) is 0 Å². The van der Waals surface area contributed by atoms with Gasteiger partial charge in [-0.3, -0.25) is 4.79 Å². The first kappa shape index (κ1) is 13.5. The normalized spacial score (nSPS) is 12.7. The molecule has 1 amide bonds. The maximum Gasteiger partial charge on any atom is 0.244 e. The highest BCUT2D eigenvalue weighted by Gasteiger charge is 2.11. The van der Waals surface area contributed by atoms with Crippen LogP contribution < -0.4 is 5.32 Å². The maximum absolute atomic E-state index is 11.7. The molecule has 0 saturated carbocycles. The van der Waals surface area contributed by atoms with Crippen LogP contribution in [0.4, 0.5) is 0 Å². The Labute approximate surface area is 116 Å². The lowest BCUT2D eigenvalue weighted by atomic mass is 10.2. The van der Waals surface area contributed by atoms with Crippen molar-refractivity contribution in [2.24, 2.45) is 0 Å². The summed E-state index contributed by atoms with van der Waals surface area (Å²) in [7, 11) is 0. The third kappa shape index (κ3) is 3.79. The average Bonchev–Trinajstić information content (AvgIpc) is 3.07. The molecule has 1 unspecified atom stereocenters. The van der Waals surface area contributed by atoms with Gasteiger partial charge in [-0.15, -0.1) is 11.3 Å². The van der Waals surface area contributed by atoms with Crippen molar-refractivity contribution in [3.63, 3.8) is 0 Å². The summed E-state index contributed by atoms with van der Waals surface area (Å²) >= 11 is 1.62. The molecule has 0 fully saturated rings. The first-order valence-electron chi connectivity index (χ1n) is 6.15. The number of nitrogens with one attached hydrogen (secondary N) is 1. The molecule has 0 bridgehead atoms. The highest BCUT2D eigenvalue weighted by molar-refractivity contribution is 7.09. The number of aromatic nitrogens is 1. The van der Waals surface area contributed by atoms with Crippen LogP contribution in [0, 0.1) is 0 Å². The van der Waals surface area contributed by atoms with Gasteiger partial charge in [-0.2, -0.15) is 0 Å². The van der Waals surface area contributed by atoms with Crippen LogP contribution in [-0.2, 0) is 11.2 Å².